The lowest BCUT2D eigenvalue weighted by Crippen LogP contribution is -2.31. The van der Waals surface area contributed by atoms with Crippen LogP contribution in [0.2, 0.25) is 0 Å². The normalized spacial score (nSPS) is 18.3. The third-order valence-corrected chi connectivity index (χ3v) is 6.86. The average Bonchev–Trinajstić information content (AvgIpc) is 3.19. The Hall–Kier alpha value is -3.93. The van der Waals surface area contributed by atoms with E-state index in [9.17, 15) is 14.7 Å². The number of nitrogens with zero attached hydrogens (tertiary/aromatic N) is 3. The van der Waals surface area contributed by atoms with Gasteiger partial charge in [0.25, 0.3) is 5.91 Å². The number of anilines is 2. The van der Waals surface area contributed by atoms with Crippen molar-refractivity contribution < 1.29 is 14.7 Å². The fourth-order valence-electron chi connectivity index (χ4n) is 5.03. The predicted molar refractivity (Wildman–Crippen MR) is 136 cm³/mol. The second kappa shape index (κ2) is 10.1. The van der Waals surface area contributed by atoms with Gasteiger partial charge in [-0.2, -0.15) is 0 Å². The molecule has 0 radical (unpaired) electrons. The number of aryl methyl sites for hydroxylation is 1. The van der Waals surface area contributed by atoms with Crippen molar-refractivity contribution in [2.24, 2.45) is 0 Å². The molecule has 35 heavy (non-hydrogen) atoms. The molecule has 0 bridgehead atoms. The first-order chi connectivity index (χ1) is 17.1. The molecule has 6 nitrogen and oxygen atoms in total. The highest BCUT2D eigenvalue weighted by Crippen LogP contribution is 2.41. The zero-order chi connectivity index (χ0) is 24.2. The molecule has 5 rings (SSSR count). The molecular formula is C29H29N3O3. The van der Waals surface area contributed by atoms with Crippen molar-refractivity contribution in [1.29, 1.82) is 0 Å². The molecule has 1 amide bonds. The lowest BCUT2D eigenvalue weighted by atomic mass is 9.93. The van der Waals surface area contributed by atoms with Gasteiger partial charge in [0, 0.05) is 43.3 Å². The van der Waals surface area contributed by atoms with Crippen molar-refractivity contribution >= 4 is 23.1 Å². The van der Waals surface area contributed by atoms with Crippen LogP contribution in [0, 0.1) is 0 Å². The number of Topliss-reactive ketones (excluding diaryl/α,β-unsaturated/α-hetero) is 1. The number of hydrogen-bond donors (Lipinski definition) is 1. The van der Waals surface area contributed by atoms with Gasteiger partial charge in [0.1, 0.15) is 0 Å². The van der Waals surface area contributed by atoms with Crippen molar-refractivity contribution in [3.05, 3.63) is 102 Å². The minimum absolute atomic E-state index is 0.150. The third-order valence-electron chi connectivity index (χ3n) is 6.86. The van der Waals surface area contributed by atoms with Crippen molar-refractivity contribution in [3.8, 4) is 0 Å². The minimum atomic E-state index is -0.699. The van der Waals surface area contributed by atoms with Crippen LogP contribution >= 0.6 is 0 Å². The van der Waals surface area contributed by atoms with Crippen molar-refractivity contribution in [1.82, 2.24) is 4.98 Å². The standard InChI is InChI=1S/C29H29N3O3/c33-25(14-9-21-7-3-1-4-8-21)26-27(22-15-17-30-18-16-22)32(29(35)28(26)34)24-12-10-23(11-13-24)31-19-5-2-6-20-31/h1,3-4,7-8,10-13,15-18,27,34H,2,5-6,9,14,19-20H2. The van der Waals surface area contributed by atoms with E-state index in [1.54, 1.807) is 24.5 Å². The third kappa shape index (κ3) is 4.69. The summed E-state index contributed by atoms with van der Waals surface area (Å²) in [6.45, 7) is 2.06. The second-order valence-electron chi connectivity index (χ2n) is 9.09. The molecular weight excluding hydrogens is 438 g/mol. The Morgan fingerprint density at radius 1 is 0.886 bits per heavy atom. The first-order valence-corrected chi connectivity index (χ1v) is 12.2. The van der Waals surface area contributed by atoms with Crippen LogP contribution in [0.3, 0.4) is 0 Å². The highest BCUT2D eigenvalue weighted by Gasteiger charge is 2.44. The van der Waals surface area contributed by atoms with Gasteiger partial charge in [-0.05, 0) is 73.2 Å². The van der Waals surface area contributed by atoms with Crippen LogP contribution in [-0.2, 0) is 16.0 Å². The molecule has 1 unspecified atom stereocenters. The van der Waals surface area contributed by atoms with Crippen LogP contribution in [0.1, 0.15) is 42.9 Å². The molecule has 3 aromatic rings. The van der Waals surface area contributed by atoms with Gasteiger partial charge in [0.15, 0.2) is 11.5 Å². The lowest BCUT2D eigenvalue weighted by molar-refractivity contribution is -0.118. The zero-order valence-electron chi connectivity index (χ0n) is 19.6. The number of ketones is 1. The number of benzene rings is 2. The van der Waals surface area contributed by atoms with E-state index in [4.69, 9.17) is 0 Å². The molecule has 3 heterocycles. The SMILES string of the molecule is O=C(CCc1ccccc1)C1=C(O)C(=O)N(c2ccc(N3CCCCC3)cc2)C1c1ccncc1. The molecule has 0 saturated carbocycles. The highest BCUT2D eigenvalue weighted by atomic mass is 16.3. The van der Waals surface area contributed by atoms with E-state index in [0.29, 0.717) is 12.1 Å². The van der Waals surface area contributed by atoms with Crippen LogP contribution in [-0.4, -0.2) is 34.9 Å². The molecule has 6 heteroatoms. The summed E-state index contributed by atoms with van der Waals surface area (Å²) in [5.74, 6) is -1.25. The molecule has 178 valence electrons. The smallest absolute Gasteiger partial charge is 0.294 e. The number of carbonyl (C=O) groups is 2. The summed E-state index contributed by atoms with van der Waals surface area (Å²) < 4.78 is 0. The van der Waals surface area contributed by atoms with Crippen molar-refractivity contribution in [2.75, 3.05) is 22.9 Å². The number of piperidine rings is 1. The maximum absolute atomic E-state index is 13.4. The van der Waals surface area contributed by atoms with Crippen LogP contribution in [0.4, 0.5) is 11.4 Å². The van der Waals surface area contributed by atoms with Gasteiger partial charge in [-0.25, -0.2) is 0 Å². The first-order valence-electron chi connectivity index (χ1n) is 12.2. The number of aromatic nitrogens is 1. The number of hydrogen-bond acceptors (Lipinski definition) is 5. The minimum Gasteiger partial charge on any atom is -0.503 e. The monoisotopic (exact) mass is 467 g/mol. The summed E-state index contributed by atoms with van der Waals surface area (Å²) in [6, 6.07) is 20.5. The van der Waals surface area contributed by atoms with Gasteiger partial charge in [0.2, 0.25) is 0 Å². The summed E-state index contributed by atoms with van der Waals surface area (Å²) in [7, 11) is 0. The molecule has 2 aliphatic rings. The number of aliphatic hydroxyl groups excluding tert-OH is 1. The Morgan fingerprint density at radius 2 is 1.54 bits per heavy atom. The molecule has 1 N–H and O–H groups in total. The summed E-state index contributed by atoms with van der Waals surface area (Å²) in [5, 5.41) is 10.9. The van der Waals surface area contributed by atoms with Crippen LogP contribution < -0.4 is 9.80 Å². The quantitative estimate of drug-likeness (QED) is 0.519. The number of amides is 1. The van der Waals surface area contributed by atoms with Gasteiger partial charge in [-0.15, -0.1) is 0 Å². The van der Waals surface area contributed by atoms with Crippen LogP contribution in [0.5, 0.6) is 0 Å². The van der Waals surface area contributed by atoms with E-state index in [1.807, 2.05) is 54.6 Å². The highest BCUT2D eigenvalue weighted by molar-refractivity contribution is 6.16. The fourth-order valence-corrected chi connectivity index (χ4v) is 5.03. The number of aliphatic hydroxyl groups is 1. The van der Waals surface area contributed by atoms with E-state index >= 15 is 0 Å². The number of rotatable bonds is 7. The van der Waals surface area contributed by atoms with E-state index in [0.717, 1.165) is 29.9 Å². The summed E-state index contributed by atoms with van der Waals surface area (Å²) in [5.41, 5.74) is 3.69. The fraction of sp³-hybridized carbons (Fsp3) is 0.276. The first kappa shape index (κ1) is 22.8. The Bertz CT molecular complexity index is 1220. The Labute approximate surface area is 205 Å². The lowest BCUT2D eigenvalue weighted by Gasteiger charge is -2.30. The summed E-state index contributed by atoms with van der Waals surface area (Å²) in [4.78, 5) is 34.7. The van der Waals surface area contributed by atoms with E-state index in [-0.39, 0.29) is 17.8 Å². The summed E-state index contributed by atoms with van der Waals surface area (Å²) >= 11 is 0. The van der Waals surface area contributed by atoms with Crippen molar-refractivity contribution in [2.45, 2.75) is 38.1 Å². The topological polar surface area (TPSA) is 73.7 Å². The maximum Gasteiger partial charge on any atom is 0.294 e. The molecule has 2 aromatic carbocycles. The van der Waals surface area contributed by atoms with Crippen LogP contribution in [0.25, 0.3) is 0 Å². The molecule has 1 fully saturated rings. The van der Waals surface area contributed by atoms with Gasteiger partial charge in [0.05, 0.1) is 11.6 Å². The summed E-state index contributed by atoms with van der Waals surface area (Å²) in [6.07, 6.45) is 7.65. The van der Waals surface area contributed by atoms with Gasteiger partial charge in [-0.3, -0.25) is 19.5 Å². The molecule has 2 aliphatic heterocycles. The van der Waals surface area contributed by atoms with Gasteiger partial charge in [-0.1, -0.05) is 30.3 Å². The number of carbonyl (C=O) groups excluding carboxylic acids is 2. The van der Waals surface area contributed by atoms with Crippen LogP contribution in [0.15, 0.2) is 90.5 Å². The van der Waals surface area contributed by atoms with E-state index < -0.39 is 17.7 Å². The largest absolute Gasteiger partial charge is 0.503 e. The molecule has 1 aromatic heterocycles. The predicted octanol–water partition coefficient (Wildman–Crippen LogP) is 5.17. The Balaban J connectivity index is 1.45. The van der Waals surface area contributed by atoms with E-state index in [1.165, 1.54) is 24.2 Å². The molecule has 0 aliphatic carbocycles. The Kier molecular flexibility index (Phi) is 6.62. The second-order valence-corrected chi connectivity index (χ2v) is 9.09. The molecule has 0 spiro atoms. The zero-order valence-corrected chi connectivity index (χ0v) is 19.6. The number of pyridine rings is 1. The Morgan fingerprint density at radius 3 is 2.23 bits per heavy atom. The molecule has 1 saturated heterocycles. The van der Waals surface area contributed by atoms with E-state index in [2.05, 4.69) is 9.88 Å². The average molecular weight is 468 g/mol. The van der Waals surface area contributed by atoms with Gasteiger partial charge < -0.3 is 10.0 Å². The molecule has 1 atom stereocenters. The van der Waals surface area contributed by atoms with Crippen molar-refractivity contribution in [3.63, 3.8) is 0 Å². The maximum atomic E-state index is 13.4. The van der Waals surface area contributed by atoms with Gasteiger partial charge >= 0.3 is 0 Å².